The summed E-state index contributed by atoms with van der Waals surface area (Å²) < 4.78 is 13.4. The molecule has 0 amide bonds. The average Bonchev–Trinajstić information content (AvgIpc) is 2.50. The van der Waals surface area contributed by atoms with E-state index in [0.717, 1.165) is 16.5 Å². The predicted octanol–water partition coefficient (Wildman–Crippen LogP) is 4.87. The monoisotopic (exact) mass is 296 g/mol. The Morgan fingerprint density at radius 2 is 2.00 bits per heavy atom. The third-order valence-corrected chi connectivity index (χ3v) is 3.87. The Morgan fingerprint density at radius 1 is 1.19 bits per heavy atom. The van der Waals surface area contributed by atoms with Gasteiger partial charge in [-0.2, -0.15) is 5.26 Å². The summed E-state index contributed by atoms with van der Waals surface area (Å²) in [5, 5.41) is 10.3. The lowest BCUT2D eigenvalue weighted by Crippen LogP contribution is -1.93. The van der Waals surface area contributed by atoms with Crippen LogP contribution in [-0.4, -0.2) is 4.98 Å². The van der Waals surface area contributed by atoms with Crippen molar-refractivity contribution in [1.82, 2.24) is 4.98 Å². The number of benzene rings is 2. The van der Waals surface area contributed by atoms with Gasteiger partial charge in [0.2, 0.25) is 0 Å². The van der Waals surface area contributed by atoms with Crippen LogP contribution >= 0.6 is 11.6 Å². The first-order chi connectivity index (χ1) is 10.1. The third-order valence-electron chi connectivity index (χ3n) is 3.38. The van der Waals surface area contributed by atoms with E-state index in [1.54, 1.807) is 24.3 Å². The van der Waals surface area contributed by atoms with Crippen LogP contribution < -0.4 is 0 Å². The highest BCUT2D eigenvalue weighted by atomic mass is 35.5. The van der Waals surface area contributed by atoms with Gasteiger partial charge >= 0.3 is 0 Å². The lowest BCUT2D eigenvalue weighted by molar-refractivity contribution is 0.629. The van der Waals surface area contributed by atoms with E-state index in [4.69, 9.17) is 16.9 Å². The maximum Gasteiger partial charge on any atom is 0.125 e. The van der Waals surface area contributed by atoms with Crippen LogP contribution in [-0.2, 0) is 0 Å². The van der Waals surface area contributed by atoms with Crippen molar-refractivity contribution in [3.05, 3.63) is 64.4 Å². The standard InChI is InChI=1S/C17H10ClFN2/c1-10-16(18)14-6-5-13(19)8-15(14)21-17(10)12-4-2-3-11(7-12)9-20/h2-8H,1H3. The van der Waals surface area contributed by atoms with Crippen molar-refractivity contribution in [2.24, 2.45) is 0 Å². The summed E-state index contributed by atoms with van der Waals surface area (Å²) in [4.78, 5) is 4.51. The van der Waals surface area contributed by atoms with E-state index in [1.807, 2.05) is 13.0 Å². The first kappa shape index (κ1) is 13.5. The molecule has 2 nitrogen and oxygen atoms in total. The molecule has 0 saturated carbocycles. The van der Waals surface area contributed by atoms with E-state index in [9.17, 15) is 4.39 Å². The number of hydrogen-bond acceptors (Lipinski definition) is 2. The van der Waals surface area contributed by atoms with Gasteiger partial charge in [0.1, 0.15) is 5.82 Å². The Kier molecular flexibility index (Phi) is 3.32. The normalized spacial score (nSPS) is 10.6. The van der Waals surface area contributed by atoms with Crippen molar-refractivity contribution in [1.29, 1.82) is 5.26 Å². The summed E-state index contributed by atoms with van der Waals surface area (Å²) in [6.45, 7) is 1.87. The molecule has 0 N–H and O–H groups in total. The number of fused-ring (bicyclic) bond motifs is 1. The Balaban J connectivity index is 2.32. The molecule has 0 radical (unpaired) electrons. The second-order valence-corrected chi connectivity index (χ2v) is 5.13. The molecule has 2 aromatic carbocycles. The fraction of sp³-hybridized carbons (Fsp3) is 0.0588. The van der Waals surface area contributed by atoms with Gasteiger partial charge in [-0.1, -0.05) is 23.7 Å². The molecular formula is C17H10ClFN2. The Hall–Kier alpha value is -2.44. The summed E-state index contributed by atoms with van der Waals surface area (Å²) in [5.74, 6) is -0.355. The molecule has 0 aliphatic rings. The van der Waals surface area contributed by atoms with Crippen LogP contribution in [0.2, 0.25) is 5.02 Å². The highest BCUT2D eigenvalue weighted by molar-refractivity contribution is 6.36. The van der Waals surface area contributed by atoms with E-state index < -0.39 is 0 Å². The number of halogens is 2. The molecule has 0 bridgehead atoms. The molecule has 0 fully saturated rings. The van der Waals surface area contributed by atoms with Gasteiger partial charge in [0.15, 0.2) is 0 Å². The minimum absolute atomic E-state index is 0.355. The number of rotatable bonds is 1. The highest BCUT2D eigenvalue weighted by Gasteiger charge is 2.12. The Labute approximate surface area is 126 Å². The zero-order valence-electron chi connectivity index (χ0n) is 11.2. The molecule has 1 aromatic heterocycles. The zero-order valence-corrected chi connectivity index (χ0v) is 11.9. The van der Waals surface area contributed by atoms with Crippen molar-refractivity contribution in [3.63, 3.8) is 0 Å². The molecule has 102 valence electrons. The maximum absolute atomic E-state index is 13.4. The molecular weight excluding hydrogens is 287 g/mol. The van der Waals surface area contributed by atoms with Gasteiger partial charge in [-0.25, -0.2) is 9.37 Å². The SMILES string of the molecule is Cc1c(-c2cccc(C#N)c2)nc2cc(F)ccc2c1Cl. The summed E-state index contributed by atoms with van der Waals surface area (Å²) in [6, 6.07) is 13.6. The molecule has 0 aliphatic heterocycles. The summed E-state index contributed by atoms with van der Waals surface area (Å²) in [5.41, 5.74) is 3.31. The van der Waals surface area contributed by atoms with Crippen LogP contribution in [0.3, 0.4) is 0 Å². The Morgan fingerprint density at radius 3 is 2.76 bits per heavy atom. The smallest absolute Gasteiger partial charge is 0.125 e. The van der Waals surface area contributed by atoms with Crippen molar-refractivity contribution in [3.8, 4) is 17.3 Å². The molecule has 0 spiro atoms. The second kappa shape index (κ2) is 5.16. The Bertz CT molecular complexity index is 897. The lowest BCUT2D eigenvalue weighted by Gasteiger charge is -2.10. The first-order valence-corrected chi connectivity index (χ1v) is 6.74. The first-order valence-electron chi connectivity index (χ1n) is 6.36. The minimum Gasteiger partial charge on any atom is -0.247 e. The second-order valence-electron chi connectivity index (χ2n) is 4.75. The van der Waals surface area contributed by atoms with Crippen molar-refractivity contribution >= 4 is 22.5 Å². The fourth-order valence-electron chi connectivity index (χ4n) is 2.31. The van der Waals surface area contributed by atoms with Crippen LogP contribution in [0.4, 0.5) is 4.39 Å². The van der Waals surface area contributed by atoms with Crippen LogP contribution in [0, 0.1) is 24.1 Å². The number of nitriles is 1. The van der Waals surface area contributed by atoms with Crippen molar-refractivity contribution < 1.29 is 4.39 Å². The van der Waals surface area contributed by atoms with E-state index in [2.05, 4.69) is 11.1 Å². The van der Waals surface area contributed by atoms with Crippen LogP contribution in [0.1, 0.15) is 11.1 Å². The molecule has 21 heavy (non-hydrogen) atoms. The molecule has 0 aliphatic carbocycles. The molecule has 3 rings (SSSR count). The zero-order chi connectivity index (χ0) is 15.0. The maximum atomic E-state index is 13.4. The summed E-state index contributed by atoms with van der Waals surface area (Å²) in [6.07, 6.45) is 0. The quantitative estimate of drug-likeness (QED) is 0.642. The topological polar surface area (TPSA) is 36.7 Å². The van der Waals surface area contributed by atoms with Crippen LogP contribution in [0.15, 0.2) is 42.5 Å². The van der Waals surface area contributed by atoms with Gasteiger partial charge in [-0.15, -0.1) is 0 Å². The highest BCUT2D eigenvalue weighted by Crippen LogP contribution is 2.33. The molecule has 0 saturated heterocycles. The number of aromatic nitrogens is 1. The largest absolute Gasteiger partial charge is 0.247 e. The lowest BCUT2D eigenvalue weighted by atomic mass is 10.0. The van der Waals surface area contributed by atoms with Gasteiger partial charge < -0.3 is 0 Å². The van der Waals surface area contributed by atoms with Crippen molar-refractivity contribution in [2.75, 3.05) is 0 Å². The molecule has 4 heteroatoms. The van der Waals surface area contributed by atoms with Crippen LogP contribution in [0.25, 0.3) is 22.2 Å². The predicted molar refractivity (Wildman–Crippen MR) is 81.6 cm³/mol. The molecule has 1 heterocycles. The number of hydrogen-bond donors (Lipinski definition) is 0. The van der Waals surface area contributed by atoms with E-state index in [1.165, 1.54) is 12.1 Å². The van der Waals surface area contributed by atoms with Gasteiger partial charge in [0, 0.05) is 17.0 Å². The molecule has 3 aromatic rings. The summed E-state index contributed by atoms with van der Waals surface area (Å²) >= 11 is 6.38. The number of nitrogens with zero attached hydrogens (tertiary/aromatic N) is 2. The average molecular weight is 297 g/mol. The minimum atomic E-state index is -0.355. The van der Waals surface area contributed by atoms with Gasteiger partial charge in [0.25, 0.3) is 0 Å². The van der Waals surface area contributed by atoms with Gasteiger partial charge in [0.05, 0.1) is 27.9 Å². The van der Waals surface area contributed by atoms with Gasteiger partial charge in [-0.05, 0) is 36.8 Å². The van der Waals surface area contributed by atoms with E-state index in [-0.39, 0.29) is 5.82 Å². The van der Waals surface area contributed by atoms with Crippen LogP contribution in [0.5, 0.6) is 0 Å². The molecule has 0 unspecified atom stereocenters. The molecule has 0 atom stereocenters. The summed E-state index contributed by atoms with van der Waals surface area (Å²) in [7, 11) is 0. The number of pyridine rings is 1. The van der Waals surface area contributed by atoms with Crippen molar-refractivity contribution in [2.45, 2.75) is 6.92 Å². The van der Waals surface area contributed by atoms with E-state index >= 15 is 0 Å². The third kappa shape index (κ3) is 2.35. The van der Waals surface area contributed by atoms with Gasteiger partial charge in [-0.3, -0.25) is 0 Å². The fourth-order valence-corrected chi connectivity index (χ4v) is 2.56. The van der Waals surface area contributed by atoms with E-state index in [0.29, 0.717) is 21.8 Å².